The van der Waals surface area contributed by atoms with Crippen LogP contribution in [0.2, 0.25) is 0 Å². The summed E-state index contributed by atoms with van der Waals surface area (Å²) in [6.45, 7) is 2.42. The van der Waals surface area contributed by atoms with Crippen molar-refractivity contribution < 1.29 is 0 Å². The maximum Gasteiger partial charge on any atom is 0.0795 e. The molecule has 0 fully saturated rings. The molecule has 0 unspecified atom stereocenters. The summed E-state index contributed by atoms with van der Waals surface area (Å²) in [6, 6.07) is 10.4. The molecule has 0 aliphatic carbocycles. The van der Waals surface area contributed by atoms with E-state index in [1.807, 2.05) is 22.5 Å². The zero-order valence-electron chi connectivity index (χ0n) is 11.1. The van der Waals surface area contributed by atoms with Crippen molar-refractivity contribution >= 4 is 11.3 Å². The van der Waals surface area contributed by atoms with Crippen LogP contribution in [0, 0.1) is 0 Å². The van der Waals surface area contributed by atoms with E-state index in [9.17, 15) is 0 Å². The fourth-order valence-corrected chi connectivity index (χ4v) is 2.57. The summed E-state index contributed by atoms with van der Waals surface area (Å²) >= 11 is 1.62. The highest BCUT2D eigenvalue weighted by atomic mass is 32.1. The third-order valence-corrected chi connectivity index (χ3v) is 3.63. The Hall–Kier alpha value is -1.98. The van der Waals surface area contributed by atoms with Crippen molar-refractivity contribution in [1.29, 1.82) is 0 Å². The number of rotatable bonds is 6. The maximum absolute atomic E-state index is 4.39. The van der Waals surface area contributed by atoms with Crippen LogP contribution in [-0.2, 0) is 19.6 Å². The fraction of sp³-hybridized carbons (Fsp3) is 0.200. The van der Waals surface area contributed by atoms with E-state index >= 15 is 0 Å². The predicted octanol–water partition coefficient (Wildman–Crippen LogP) is 2.68. The Bertz CT molecular complexity index is 631. The molecule has 3 aromatic rings. The van der Waals surface area contributed by atoms with Crippen LogP contribution in [0.3, 0.4) is 0 Å². The van der Waals surface area contributed by atoms with E-state index in [0.29, 0.717) is 0 Å². The molecule has 1 aromatic carbocycles. The largest absolute Gasteiger partial charge is 0.307 e. The summed E-state index contributed by atoms with van der Waals surface area (Å²) in [6.07, 6.45) is 4.00. The highest BCUT2D eigenvalue weighted by Crippen LogP contribution is 2.05. The number of hydrogen-bond donors (Lipinski definition) is 1. The third-order valence-electron chi connectivity index (χ3n) is 2.99. The summed E-state index contributed by atoms with van der Waals surface area (Å²) in [5.41, 5.74) is 5.40. The second-order valence-corrected chi connectivity index (χ2v) is 5.33. The van der Waals surface area contributed by atoms with Gasteiger partial charge in [0.15, 0.2) is 0 Å². The Kier molecular flexibility index (Phi) is 4.20. The number of nitrogens with zero attached hydrogens (tertiary/aromatic N) is 3. The van der Waals surface area contributed by atoms with Crippen LogP contribution in [0.25, 0.3) is 0 Å². The number of thiazole rings is 1. The first-order valence-corrected chi connectivity index (χ1v) is 7.47. The van der Waals surface area contributed by atoms with Gasteiger partial charge in [0.2, 0.25) is 0 Å². The Labute approximate surface area is 122 Å². The first-order valence-electron chi connectivity index (χ1n) is 6.53. The predicted molar refractivity (Wildman–Crippen MR) is 80.4 cm³/mol. The van der Waals surface area contributed by atoms with Gasteiger partial charge in [-0.1, -0.05) is 30.3 Å². The minimum Gasteiger partial charge on any atom is -0.307 e. The average Bonchev–Trinajstić information content (AvgIpc) is 3.12. The van der Waals surface area contributed by atoms with E-state index in [1.54, 1.807) is 11.3 Å². The van der Waals surface area contributed by atoms with Gasteiger partial charge < -0.3 is 5.32 Å². The van der Waals surface area contributed by atoms with E-state index < -0.39 is 0 Å². The zero-order chi connectivity index (χ0) is 13.6. The normalized spacial score (nSPS) is 10.8. The van der Waals surface area contributed by atoms with Gasteiger partial charge in [-0.25, -0.2) is 4.98 Å². The maximum atomic E-state index is 4.39. The van der Waals surface area contributed by atoms with Crippen molar-refractivity contribution in [3.05, 3.63) is 70.4 Å². The highest BCUT2D eigenvalue weighted by Gasteiger charge is 2.00. The van der Waals surface area contributed by atoms with Crippen molar-refractivity contribution in [2.75, 3.05) is 0 Å². The van der Waals surface area contributed by atoms with Crippen LogP contribution in [0.15, 0.2) is 53.6 Å². The van der Waals surface area contributed by atoms with Gasteiger partial charge in [0.1, 0.15) is 0 Å². The molecule has 0 saturated carbocycles. The Balaban J connectivity index is 1.52. The Morgan fingerprint density at radius 3 is 2.80 bits per heavy atom. The monoisotopic (exact) mass is 284 g/mol. The molecule has 4 nitrogen and oxygen atoms in total. The second-order valence-electron chi connectivity index (χ2n) is 4.62. The van der Waals surface area contributed by atoms with E-state index in [-0.39, 0.29) is 0 Å². The van der Waals surface area contributed by atoms with Crippen LogP contribution in [0.1, 0.15) is 16.8 Å². The van der Waals surface area contributed by atoms with Crippen LogP contribution < -0.4 is 5.32 Å². The lowest BCUT2D eigenvalue weighted by atomic mass is 10.2. The minimum absolute atomic E-state index is 0.799. The minimum atomic E-state index is 0.799. The number of hydrogen-bond acceptors (Lipinski definition) is 4. The molecule has 102 valence electrons. The van der Waals surface area contributed by atoms with Gasteiger partial charge in [-0.05, 0) is 5.56 Å². The van der Waals surface area contributed by atoms with Gasteiger partial charge >= 0.3 is 0 Å². The lowest BCUT2D eigenvalue weighted by molar-refractivity contribution is 0.672. The molecule has 20 heavy (non-hydrogen) atoms. The highest BCUT2D eigenvalue weighted by molar-refractivity contribution is 7.07. The Morgan fingerprint density at radius 2 is 2.00 bits per heavy atom. The molecule has 0 aliphatic heterocycles. The molecule has 3 rings (SSSR count). The van der Waals surface area contributed by atoms with Crippen molar-refractivity contribution in [1.82, 2.24) is 20.1 Å². The third kappa shape index (κ3) is 3.53. The van der Waals surface area contributed by atoms with Gasteiger partial charge in [0.05, 0.1) is 23.9 Å². The van der Waals surface area contributed by atoms with Crippen LogP contribution in [0.4, 0.5) is 0 Å². The molecule has 2 heterocycles. The second kappa shape index (κ2) is 6.45. The molecule has 0 amide bonds. The first kappa shape index (κ1) is 13.0. The molecule has 0 spiro atoms. The quantitative estimate of drug-likeness (QED) is 0.757. The zero-order valence-corrected chi connectivity index (χ0v) is 11.9. The molecule has 0 radical (unpaired) electrons. The summed E-state index contributed by atoms with van der Waals surface area (Å²) in [5.74, 6) is 0. The van der Waals surface area contributed by atoms with Gasteiger partial charge in [-0.2, -0.15) is 5.10 Å². The molecule has 0 bridgehead atoms. The molecule has 5 heteroatoms. The molecule has 0 aliphatic rings. The topological polar surface area (TPSA) is 42.7 Å². The Morgan fingerprint density at radius 1 is 1.10 bits per heavy atom. The van der Waals surface area contributed by atoms with E-state index in [0.717, 1.165) is 25.3 Å². The van der Waals surface area contributed by atoms with Crippen molar-refractivity contribution in [2.45, 2.75) is 19.6 Å². The summed E-state index contributed by atoms with van der Waals surface area (Å²) in [4.78, 5) is 4.24. The summed E-state index contributed by atoms with van der Waals surface area (Å²) < 4.78 is 1.97. The molecular weight excluding hydrogens is 268 g/mol. The summed E-state index contributed by atoms with van der Waals surface area (Å²) in [7, 11) is 0. The lowest BCUT2D eigenvalue weighted by Crippen LogP contribution is -2.12. The first-order chi connectivity index (χ1) is 9.90. The van der Waals surface area contributed by atoms with Crippen molar-refractivity contribution in [3.8, 4) is 0 Å². The molecule has 0 atom stereocenters. The number of benzene rings is 1. The molecule has 2 aromatic heterocycles. The SMILES string of the molecule is c1ccc(Cn2cc(CNCc3cscn3)cn2)cc1. The van der Waals surface area contributed by atoms with E-state index in [2.05, 4.69) is 51.2 Å². The molecule has 0 saturated heterocycles. The van der Waals surface area contributed by atoms with Crippen molar-refractivity contribution in [2.24, 2.45) is 0 Å². The standard InChI is InChI=1S/C15H16N4S/c1-2-4-13(5-3-1)9-19-10-14(7-18-19)6-16-8-15-11-20-12-17-15/h1-5,7,10-12,16H,6,8-9H2. The lowest BCUT2D eigenvalue weighted by Gasteiger charge is -2.01. The fourth-order valence-electron chi connectivity index (χ4n) is 2.01. The number of nitrogens with one attached hydrogen (secondary N) is 1. The van der Waals surface area contributed by atoms with Crippen LogP contribution in [0.5, 0.6) is 0 Å². The van der Waals surface area contributed by atoms with E-state index in [1.165, 1.54) is 11.1 Å². The van der Waals surface area contributed by atoms with E-state index in [4.69, 9.17) is 0 Å². The van der Waals surface area contributed by atoms with Crippen molar-refractivity contribution in [3.63, 3.8) is 0 Å². The number of aromatic nitrogens is 3. The average molecular weight is 284 g/mol. The van der Waals surface area contributed by atoms with Crippen LogP contribution in [-0.4, -0.2) is 14.8 Å². The molecule has 1 N–H and O–H groups in total. The summed E-state index contributed by atoms with van der Waals surface area (Å²) in [5, 5.41) is 9.82. The van der Waals surface area contributed by atoms with Gasteiger partial charge in [-0.15, -0.1) is 11.3 Å². The van der Waals surface area contributed by atoms with Gasteiger partial charge in [0.25, 0.3) is 0 Å². The van der Waals surface area contributed by atoms with Gasteiger partial charge in [0, 0.05) is 30.2 Å². The molecular formula is C15H16N4S. The van der Waals surface area contributed by atoms with Gasteiger partial charge in [-0.3, -0.25) is 4.68 Å². The smallest absolute Gasteiger partial charge is 0.0795 e. The van der Waals surface area contributed by atoms with Crippen LogP contribution >= 0.6 is 11.3 Å².